The summed E-state index contributed by atoms with van der Waals surface area (Å²) < 4.78 is 21.4. The molecule has 174 valence electrons. The molecule has 0 N–H and O–H groups in total. The molecule has 0 spiro atoms. The largest absolute Gasteiger partial charge is 0.497 e. The van der Waals surface area contributed by atoms with Gasteiger partial charge in [0.2, 0.25) is 0 Å². The quantitative estimate of drug-likeness (QED) is 0.338. The fourth-order valence-electron chi connectivity index (χ4n) is 5.00. The summed E-state index contributed by atoms with van der Waals surface area (Å²) in [6, 6.07) is 17.2. The number of imidazole rings is 1. The Morgan fingerprint density at radius 3 is 2.50 bits per heavy atom. The number of ether oxygens (including phenoxy) is 1. The molecule has 0 radical (unpaired) electrons. The Kier molecular flexibility index (Phi) is 6.05. The van der Waals surface area contributed by atoms with Gasteiger partial charge in [-0.2, -0.15) is 0 Å². The third-order valence-electron chi connectivity index (χ3n) is 6.68. The number of hydrogen-bond acceptors (Lipinski definition) is 4. The van der Waals surface area contributed by atoms with Gasteiger partial charge in [-0.3, -0.25) is 4.98 Å². The Labute approximate surface area is 199 Å². The summed E-state index contributed by atoms with van der Waals surface area (Å²) >= 11 is 0. The van der Waals surface area contributed by atoms with E-state index >= 15 is 0 Å². The average Bonchev–Trinajstić information content (AvgIpc) is 3.43. The molecule has 4 aromatic rings. The Hall–Kier alpha value is -3.67. The first-order chi connectivity index (χ1) is 16.6. The van der Waals surface area contributed by atoms with Gasteiger partial charge in [0, 0.05) is 48.7 Å². The van der Waals surface area contributed by atoms with Crippen molar-refractivity contribution in [2.45, 2.75) is 32.7 Å². The van der Waals surface area contributed by atoms with Crippen LogP contribution in [-0.2, 0) is 6.42 Å². The predicted molar refractivity (Wildman–Crippen MR) is 134 cm³/mol. The molecular formula is C28H29FN4O. The van der Waals surface area contributed by atoms with E-state index in [1.165, 1.54) is 23.4 Å². The highest BCUT2D eigenvalue weighted by Gasteiger charge is 2.31. The van der Waals surface area contributed by atoms with Crippen molar-refractivity contribution in [1.82, 2.24) is 14.5 Å². The molecule has 0 amide bonds. The Morgan fingerprint density at radius 2 is 1.82 bits per heavy atom. The molecular weight excluding hydrogens is 427 g/mol. The SMILES string of the molecule is CCN(C[C@@H]1CCc2nc(-c3ccc(F)cc3)c(-c3ccncc3)n21)c1ccc(OC)cc1C. The van der Waals surface area contributed by atoms with Crippen LogP contribution in [0.25, 0.3) is 22.5 Å². The number of pyridine rings is 1. The smallest absolute Gasteiger partial charge is 0.123 e. The van der Waals surface area contributed by atoms with Crippen LogP contribution in [0.3, 0.4) is 0 Å². The zero-order chi connectivity index (χ0) is 23.7. The average molecular weight is 457 g/mol. The van der Waals surface area contributed by atoms with E-state index in [0.717, 1.165) is 60.0 Å². The monoisotopic (exact) mass is 456 g/mol. The minimum absolute atomic E-state index is 0.243. The van der Waals surface area contributed by atoms with E-state index in [-0.39, 0.29) is 11.9 Å². The van der Waals surface area contributed by atoms with Crippen molar-refractivity contribution in [1.29, 1.82) is 0 Å². The van der Waals surface area contributed by atoms with Crippen molar-refractivity contribution in [3.63, 3.8) is 0 Å². The number of anilines is 1. The number of benzene rings is 2. The van der Waals surface area contributed by atoms with Gasteiger partial charge in [-0.25, -0.2) is 9.37 Å². The second kappa shape index (κ2) is 9.29. The highest BCUT2D eigenvalue weighted by atomic mass is 19.1. The Morgan fingerprint density at radius 1 is 1.06 bits per heavy atom. The molecule has 0 saturated carbocycles. The lowest BCUT2D eigenvalue weighted by Gasteiger charge is -2.29. The van der Waals surface area contributed by atoms with E-state index in [1.807, 2.05) is 42.7 Å². The molecule has 6 heteroatoms. The van der Waals surface area contributed by atoms with Gasteiger partial charge in [0.25, 0.3) is 0 Å². The molecule has 1 atom stereocenters. The number of halogens is 1. The van der Waals surface area contributed by atoms with Crippen LogP contribution in [0.5, 0.6) is 5.75 Å². The van der Waals surface area contributed by atoms with Crippen LogP contribution in [0.4, 0.5) is 10.1 Å². The zero-order valence-electron chi connectivity index (χ0n) is 19.8. The van der Waals surface area contributed by atoms with Crippen LogP contribution < -0.4 is 9.64 Å². The van der Waals surface area contributed by atoms with Crippen LogP contribution in [0, 0.1) is 12.7 Å². The molecule has 34 heavy (non-hydrogen) atoms. The molecule has 0 unspecified atom stereocenters. The summed E-state index contributed by atoms with van der Waals surface area (Å²) in [6.07, 6.45) is 5.58. The zero-order valence-corrected chi connectivity index (χ0v) is 19.8. The second-order valence-corrected chi connectivity index (χ2v) is 8.72. The topological polar surface area (TPSA) is 43.2 Å². The summed E-state index contributed by atoms with van der Waals surface area (Å²) in [6.45, 7) is 6.12. The lowest BCUT2D eigenvalue weighted by molar-refractivity contribution is 0.414. The number of nitrogens with zero attached hydrogens (tertiary/aromatic N) is 4. The molecule has 0 fully saturated rings. The predicted octanol–water partition coefficient (Wildman–Crippen LogP) is 6.08. The summed E-state index contributed by atoms with van der Waals surface area (Å²) in [5.74, 6) is 1.71. The highest BCUT2D eigenvalue weighted by molar-refractivity contribution is 5.79. The van der Waals surface area contributed by atoms with Gasteiger partial charge < -0.3 is 14.2 Å². The van der Waals surface area contributed by atoms with E-state index in [4.69, 9.17) is 9.72 Å². The molecule has 5 nitrogen and oxygen atoms in total. The van der Waals surface area contributed by atoms with Crippen LogP contribution in [0.1, 0.15) is 30.8 Å². The number of likely N-dealkylation sites (N-methyl/N-ethyl adjacent to an activating group) is 1. The normalized spacial score (nSPS) is 14.8. The fourth-order valence-corrected chi connectivity index (χ4v) is 5.00. The minimum atomic E-state index is -0.243. The Balaban J connectivity index is 1.56. The van der Waals surface area contributed by atoms with Crippen molar-refractivity contribution in [2.24, 2.45) is 0 Å². The number of aromatic nitrogens is 3. The summed E-state index contributed by atoms with van der Waals surface area (Å²) in [7, 11) is 1.70. The van der Waals surface area contributed by atoms with Crippen LogP contribution in [-0.4, -0.2) is 34.7 Å². The van der Waals surface area contributed by atoms with Gasteiger partial charge in [0.1, 0.15) is 17.4 Å². The number of rotatable bonds is 7. The summed E-state index contributed by atoms with van der Waals surface area (Å²) in [5, 5.41) is 0. The van der Waals surface area contributed by atoms with Gasteiger partial charge in [-0.15, -0.1) is 0 Å². The van der Waals surface area contributed by atoms with Crippen molar-refractivity contribution in [2.75, 3.05) is 25.1 Å². The van der Waals surface area contributed by atoms with Crippen LogP contribution >= 0.6 is 0 Å². The van der Waals surface area contributed by atoms with Crippen molar-refractivity contribution in [3.8, 4) is 28.3 Å². The summed E-state index contributed by atoms with van der Waals surface area (Å²) in [5.41, 5.74) is 6.40. The first kappa shape index (κ1) is 22.1. The molecule has 0 bridgehead atoms. The van der Waals surface area contributed by atoms with E-state index in [2.05, 4.69) is 40.4 Å². The number of methoxy groups -OCH3 is 1. The van der Waals surface area contributed by atoms with E-state index < -0.39 is 0 Å². The minimum Gasteiger partial charge on any atom is -0.497 e. The first-order valence-electron chi connectivity index (χ1n) is 11.8. The van der Waals surface area contributed by atoms with Crippen LogP contribution in [0.2, 0.25) is 0 Å². The van der Waals surface area contributed by atoms with E-state index in [9.17, 15) is 4.39 Å². The third-order valence-corrected chi connectivity index (χ3v) is 6.68. The maximum absolute atomic E-state index is 13.6. The molecule has 0 aliphatic carbocycles. The second-order valence-electron chi connectivity index (χ2n) is 8.72. The lowest BCUT2D eigenvalue weighted by atomic mass is 10.0. The Bertz CT molecular complexity index is 1280. The molecule has 5 rings (SSSR count). The number of hydrogen-bond donors (Lipinski definition) is 0. The molecule has 3 heterocycles. The van der Waals surface area contributed by atoms with E-state index in [1.54, 1.807) is 7.11 Å². The fraction of sp³-hybridized carbons (Fsp3) is 0.286. The first-order valence-corrected chi connectivity index (χ1v) is 11.8. The van der Waals surface area contributed by atoms with Gasteiger partial charge >= 0.3 is 0 Å². The highest BCUT2D eigenvalue weighted by Crippen LogP contribution is 2.40. The standard InChI is InChI=1S/C28H29FN4O/c1-4-32(25-11-10-24(34-3)17-19(25)2)18-23-9-12-26-31-27(20-5-7-22(29)8-6-20)28(33(23)26)21-13-15-30-16-14-21/h5-8,10-11,13-17,23H,4,9,12,18H2,1-3H3/t23-/m0/s1. The van der Waals surface area contributed by atoms with Crippen molar-refractivity contribution < 1.29 is 9.13 Å². The van der Waals surface area contributed by atoms with Crippen molar-refractivity contribution >= 4 is 5.69 Å². The summed E-state index contributed by atoms with van der Waals surface area (Å²) in [4.78, 5) is 11.7. The maximum atomic E-state index is 13.6. The third kappa shape index (κ3) is 4.04. The van der Waals surface area contributed by atoms with Crippen LogP contribution in [0.15, 0.2) is 67.0 Å². The molecule has 1 aliphatic heterocycles. The lowest BCUT2D eigenvalue weighted by Crippen LogP contribution is -2.30. The van der Waals surface area contributed by atoms with E-state index in [0.29, 0.717) is 0 Å². The van der Waals surface area contributed by atoms with Gasteiger partial charge in [0.15, 0.2) is 0 Å². The maximum Gasteiger partial charge on any atom is 0.123 e. The van der Waals surface area contributed by atoms with Gasteiger partial charge in [0.05, 0.1) is 24.5 Å². The number of aryl methyl sites for hydroxylation is 2. The number of fused-ring (bicyclic) bond motifs is 1. The molecule has 0 saturated heterocycles. The van der Waals surface area contributed by atoms with Gasteiger partial charge in [-0.05, 0) is 80.4 Å². The molecule has 2 aromatic carbocycles. The molecule has 2 aromatic heterocycles. The van der Waals surface area contributed by atoms with Gasteiger partial charge in [-0.1, -0.05) is 0 Å². The molecule has 1 aliphatic rings. The van der Waals surface area contributed by atoms with Crippen molar-refractivity contribution in [3.05, 3.63) is 84.2 Å².